The third kappa shape index (κ3) is 1.71. The summed E-state index contributed by atoms with van der Waals surface area (Å²) in [6.45, 7) is 2.74. The summed E-state index contributed by atoms with van der Waals surface area (Å²) in [4.78, 5) is 7.56. The van der Waals surface area contributed by atoms with Crippen molar-refractivity contribution in [1.82, 2.24) is 9.97 Å². The van der Waals surface area contributed by atoms with Crippen LogP contribution in [0.25, 0.3) is 10.6 Å². The monoisotopic (exact) mass is 207 g/mol. The zero-order chi connectivity index (χ0) is 9.97. The molecule has 0 spiro atoms. The first-order chi connectivity index (χ1) is 6.81. The van der Waals surface area contributed by atoms with E-state index in [1.165, 1.54) is 0 Å². The summed E-state index contributed by atoms with van der Waals surface area (Å²) in [5.41, 5.74) is 7.83. The molecule has 3 nitrogen and oxygen atoms in total. The fourth-order valence-electron chi connectivity index (χ4n) is 1.22. The van der Waals surface area contributed by atoms with Gasteiger partial charge in [-0.15, -0.1) is 11.3 Å². The number of nitrogens with two attached hydrogens (primary N) is 1. The van der Waals surface area contributed by atoms with Gasteiger partial charge in [0.1, 0.15) is 5.01 Å². The van der Waals surface area contributed by atoms with Crippen LogP contribution in [0, 0.1) is 0 Å². The summed E-state index contributed by atoms with van der Waals surface area (Å²) >= 11 is 1.66. The quantitative estimate of drug-likeness (QED) is 0.810. The Hall–Kier alpha value is -1.13. The second-order valence-corrected chi connectivity index (χ2v) is 4.17. The molecule has 0 saturated heterocycles. The first kappa shape index (κ1) is 9.43. The topological polar surface area (TPSA) is 54.7 Å². The zero-order valence-electron chi connectivity index (χ0n) is 8.03. The maximum absolute atomic E-state index is 5.59. The number of aromatic amines is 1. The van der Waals surface area contributed by atoms with E-state index in [0.717, 1.165) is 16.3 Å². The fraction of sp³-hybridized carbons (Fsp3) is 0.300. The minimum atomic E-state index is 0.346. The zero-order valence-corrected chi connectivity index (χ0v) is 8.84. The average molecular weight is 207 g/mol. The highest BCUT2D eigenvalue weighted by Gasteiger charge is 2.09. The Morgan fingerprint density at radius 1 is 1.64 bits per heavy atom. The molecule has 2 heterocycles. The lowest BCUT2D eigenvalue weighted by molar-refractivity contribution is 0.752. The van der Waals surface area contributed by atoms with Gasteiger partial charge in [-0.2, -0.15) is 0 Å². The number of nitrogens with zero attached hydrogens (tertiary/aromatic N) is 1. The van der Waals surface area contributed by atoms with Gasteiger partial charge < -0.3 is 10.7 Å². The highest BCUT2D eigenvalue weighted by Crippen LogP contribution is 2.25. The van der Waals surface area contributed by atoms with Gasteiger partial charge in [0.25, 0.3) is 0 Å². The molecule has 0 aliphatic heterocycles. The van der Waals surface area contributed by atoms with Crippen molar-refractivity contribution in [3.63, 3.8) is 0 Å². The van der Waals surface area contributed by atoms with E-state index in [9.17, 15) is 0 Å². The third-order valence-corrected chi connectivity index (χ3v) is 3.13. The van der Waals surface area contributed by atoms with Crippen LogP contribution >= 0.6 is 11.3 Å². The van der Waals surface area contributed by atoms with E-state index in [2.05, 4.69) is 22.3 Å². The minimum absolute atomic E-state index is 0.346. The largest absolute Gasteiger partial charge is 0.367 e. The van der Waals surface area contributed by atoms with Crippen LogP contribution in [-0.2, 0) is 0 Å². The summed E-state index contributed by atoms with van der Waals surface area (Å²) in [6.07, 6.45) is 3.86. The first-order valence-corrected chi connectivity index (χ1v) is 5.48. The van der Waals surface area contributed by atoms with Gasteiger partial charge in [-0.05, 0) is 6.07 Å². The molecule has 3 N–H and O–H groups in total. The molecule has 0 aromatic carbocycles. The molecule has 74 valence electrons. The molecular formula is C10H13N3S. The molecule has 0 fully saturated rings. The van der Waals surface area contributed by atoms with Crippen molar-refractivity contribution in [2.45, 2.75) is 12.8 Å². The number of H-pyrrole nitrogens is 1. The Morgan fingerprint density at radius 2 is 2.50 bits per heavy atom. The fourth-order valence-corrected chi connectivity index (χ4v) is 2.16. The van der Waals surface area contributed by atoms with Gasteiger partial charge in [-0.3, -0.25) is 0 Å². The Bertz CT molecular complexity index is 391. The van der Waals surface area contributed by atoms with Crippen molar-refractivity contribution in [2.24, 2.45) is 5.73 Å². The molecule has 2 aromatic heterocycles. The first-order valence-electron chi connectivity index (χ1n) is 4.60. The molecule has 14 heavy (non-hydrogen) atoms. The molecule has 1 atom stereocenters. The summed E-state index contributed by atoms with van der Waals surface area (Å²) in [5.74, 6) is 0.346. The lowest BCUT2D eigenvalue weighted by Gasteiger charge is -2.02. The standard InChI is InChI=1S/C10H13N3S/c1-7(4-11)9-6-14-10(13-9)8-2-3-12-5-8/h2-3,5-7,12H,4,11H2,1H3. The average Bonchev–Trinajstić information content (AvgIpc) is 2.86. The van der Waals surface area contributed by atoms with Crippen molar-refractivity contribution in [3.8, 4) is 10.6 Å². The second-order valence-electron chi connectivity index (χ2n) is 3.31. The van der Waals surface area contributed by atoms with Gasteiger partial charge >= 0.3 is 0 Å². The number of hydrogen-bond donors (Lipinski definition) is 2. The van der Waals surface area contributed by atoms with Crippen molar-refractivity contribution in [3.05, 3.63) is 29.5 Å². The number of aromatic nitrogens is 2. The summed E-state index contributed by atoms with van der Waals surface area (Å²) in [5, 5.41) is 3.14. The van der Waals surface area contributed by atoms with Crippen LogP contribution in [0.2, 0.25) is 0 Å². The molecule has 0 saturated carbocycles. The molecule has 0 radical (unpaired) electrons. The predicted octanol–water partition coefficient (Wildman–Crippen LogP) is 2.20. The Morgan fingerprint density at radius 3 is 3.14 bits per heavy atom. The Kier molecular flexibility index (Phi) is 2.65. The predicted molar refractivity (Wildman–Crippen MR) is 59.4 cm³/mol. The molecule has 2 rings (SSSR count). The van der Waals surface area contributed by atoms with E-state index in [0.29, 0.717) is 12.5 Å². The number of hydrogen-bond acceptors (Lipinski definition) is 3. The normalized spacial score (nSPS) is 13.0. The van der Waals surface area contributed by atoms with Crippen molar-refractivity contribution in [2.75, 3.05) is 6.54 Å². The maximum Gasteiger partial charge on any atom is 0.125 e. The van der Waals surface area contributed by atoms with Crippen LogP contribution in [0.5, 0.6) is 0 Å². The Balaban J connectivity index is 2.26. The van der Waals surface area contributed by atoms with E-state index < -0.39 is 0 Å². The van der Waals surface area contributed by atoms with E-state index >= 15 is 0 Å². The maximum atomic E-state index is 5.59. The number of nitrogens with one attached hydrogen (secondary N) is 1. The minimum Gasteiger partial charge on any atom is -0.367 e. The summed E-state index contributed by atoms with van der Waals surface area (Å²) < 4.78 is 0. The smallest absolute Gasteiger partial charge is 0.125 e. The summed E-state index contributed by atoms with van der Waals surface area (Å²) in [7, 11) is 0. The van der Waals surface area contributed by atoms with Crippen LogP contribution in [-0.4, -0.2) is 16.5 Å². The van der Waals surface area contributed by atoms with Crippen LogP contribution < -0.4 is 5.73 Å². The lowest BCUT2D eigenvalue weighted by Crippen LogP contribution is -2.08. The van der Waals surface area contributed by atoms with Crippen LogP contribution in [0.1, 0.15) is 18.5 Å². The van der Waals surface area contributed by atoms with Gasteiger partial charge in [-0.25, -0.2) is 4.98 Å². The highest BCUT2D eigenvalue weighted by atomic mass is 32.1. The van der Waals surface area contributed by atoms with Gasteiger partial charge in [0.2, 0.25) is 0 Å². The molecule has 4 heteroatoms. The van der Waals surface area contributed by atoms with E-state index in [-0.39, 0.29) is 0 Å². The third-order valence-electron chi connectivity index (χ3n) is 2.23. The highest BCUT2D eigenvalue weighted by molar-refractivity contribution is 7.13. The molecule has 0 aliphatic carbocycles. The van der Waals surface area contributed by atoms with Gasteiger partial charge in [0.05, 0.1) is 5.69 Å². The number of thiazole rings is 1. The molecule has 0 bridgehead atoms. The van der Waals surface area contributed by atoms with Crippen LogP contribution in [0.15, 0.2) is 23.8 Å². The van der Waals surface area contributed by atoms with Crippen molar-refractivity contribution in [1.29, 1.82) is 0 Å². The van der Waals surface area contributed by atoms with Gasteiger partial charge in [0.15, 0.2) is 0 Å². The SMILES string of the molecule is CC(CN)c1csc(-c2cc[nH]c2)n1. The van der Waals surface area contributed by atoms with Gasteiger partial charge in [-0.1, -0.05) is 6.92 Å². The van der Waals surface area contributed by atoms with E-state index in [1.807, 2.05) is 18.5 Å². The molecular weight excluding hydrogens is 194 g/mol. The van der Waals surface area contributed by atoms with E-state index in [1.54, 1.807) is 11.3 Å². The molecule has 0 aliphatic rings. The lowest BCUT2D eigenvalue weighted by atomic mass is 10.1. The van der Waals surface area contributed by atoms with Gasteiger partial charge in [0, 0.05) is 35.8 Å². The molecule has 1 unspecified atom stereocenters. The number of rotatable bonds is 3. The van der Waals surface area contributed by atoms with Crippen LogP contribution in [0.4, 0.5) is 0 Å². The van der Waals surface area contributed by atoms with Crippen LogP contribution in [0.3, 0.4) is 0 Å². The van der Waals surface area contributed by atoms with Crippen molar-refractivity contribution < 1.29 is 0 Å². The van der Waals surface area contributed by atoms with Crippen molar-refractivity contribution >= 4 is 11.3 Å². The second kappa shape index (κ2) is 3.94. The molecule has 2 aromatic rings. The molecule has 0 amide bonds. The summed E-state index contributed by atoms with van der Waals surface area (Å²) in [6, 6.07) is 2.02. The van der Waals surface area contributed by atoms with E-state index in [4.69, 9.17) is 5.73 Å². The Labute approximate surface area is 87.0 Å².